The molecule has 26 heavy (non-hydrogen) atoms. The lowest BCUT2D eigenvalue weighted by Gasteiger charge is -2.23. The zero-order chi connectivity index (χ0) is 17.8. The Labute approximate surface area is 161 Å². The molecule has 0 N–H and O–H groups in total. The number of para-hydroxylation sites is 1. The summed E-state index contributed by atoms with van der Waals surface area (Å²) in [5.41, 5.74) is 0.955. The second kappa shape index (κ2) is 8.29. The van der Waals surface area contributed by atoms with E-state index in [0.29, 0.717) is 13.0 Å². The molecule has 1 amide bonds. The molecule has 4 rings (SSSR count). The molecule has 1 aromatic carbocycles. The molecule has 4 nitrogen and oxygen atoms in total. The van der Waals surface area contributed by atoms with Crippen molar-refractivity contribution >= 4 is 43.9 Å². The summed E-state index contributed by atoms with van der Waals surface area (Å²) >= 11 is 3.34. The lowest BCUT2D eigenvalue weighted by atomic mass is 10.2. The van der Waals surface area contributed by atoms with Gasteiger partial charge in [-0.15, -0.1) is 11.3 Å². The molecule has 1 fully saturated rings. The Morgan fingerprint density at radius 1 is 1.27 bits per heavy atom. The number of hydrogen-bond acceptors (Lipinski definition) is 5. The average molecular weight is 387 g/mol. The van der Waals surface area contributed by atoms with Crippen molar-refractivity contribution in [2.75, 3.05) is 18.1 Å². The number of thiophene rings is 1. The molecule has 6 heteroatoms. The maximum atomic E-state index is 13.0. The number of fused-ring (bicyclic) bond motifs is 1. The number of ether oxygens (including phenoxy) is 1. The van der Waals surface area contributed by atoms with Crippen molar-refractivity contribution in [2.24, 2.45) is 0 Å². The van der Waals surface area contributed by atoms with Gasteiger partial charge in [0.1, 0.15) is 0 Å². The summed E-state index contributed by atoms with van der Waals surface area (Å²) in [5, 5.41) is 2.88. The second-order valence-corrected chi connectivity index (χ2v) is 8.58. The van der Waals surface area contributed by atoms with E-state index in [1.165, 1.54) is 4.88 Å². The van der Waals surface area contributed by atoms with Crippen LogP contribution in [0.3, 0.4) is 0 Å². The van der Waals surface area contributed by atoms with Gasteiger partial charge in [0.25, 0.3) is 0 Å². The molecule has 0 saturated carbocycles. The third-order valence-corrected chi connectivity index (χ3v) is 6.61. The van der Waals surface area contributed by atoms with Gasteiger partial charge in [-0.3, -0.25) is 9.69 Å². The van der Waals surface area contributed by atoms with Crippen molar-refractivity contribution in [3.63, 3.8) is 0 Å². The van der Waals surface area contributed by atoms with Gasteiger partial charge in [-0.1, -0.05) is 29.5 Å². The largest absolute Gasteiger partial charge is 0.376 e. The summed E-state index contributed by atoms with van der Waals surface area (Å²) in [7, 11) is 0. The number of hydrogen-bond donors (Lipinski definition) is 0. The fourth-order valence-electron chi connectivity index (χ4n) is 3.26. The summed E-state index contributed by atoms with van der Waals surface area (Å²) in [6.45, 7) is 1.41. The first-order valence-corrected chi connectivity index (χ1v) is 10.8. The Morgan fingerprint density at radius 2 is 2.19 bits per heavy atom. The minimum Gasteiger partial charge on any atom is -0.376 e. The zero-order valence-corrected chi connectivity index (χ0v) is 16.2. The van der Waals surface area contributed by atoms with Gasteiger partial charge in [-0.05, 0) is 49.3 Å². The van der Waals surface area contributed by atoms with Crippen LogP contribution in [0.15, 0.2) is 41.8 Å². The number of rotatable bonds is 7. The Morgan fingerprint density at radius 3 is 2.96 bits per heavy atom. The van der Waals surface area contributed by atoms with E-state index in [9.17, 15) is 4.79 Å². The van der Waals surface area contributed by atoms with E-state index in [1.807, 2.05) is 23.1 Å². The van der Waals surface area contributed by atoms with Crippen LogP contribution in [-0.4, -0.2) is 30.1 Å². The first-order valence-electron chi connectivity index (χ1n) is 9.09. The van der Waals surface area contributed by atoms with Crippen molar-refractivity contribution in [3.8, 4) is 0 Å². The molecular formula is C20H22N2O2S2. The van der Waals surface area contributed by atoms with Crippen molar-refractivity contribution in [3.05, 3.63) is 46.7 Å². The minimum atomic E-state index is 0.128. The zero-order valence-electron chi connectivity index (χ0n) is 14.6. The van der Waals surface area contributed by atoms with E-state index in [-0.39, 0.29) is 12.0 Å². The van der Waals surface area contributed by atoms with Crippen LogP contribution in [0, 0.1) is 0 Å². The van der Waals surface area contributed by atoms with Crippen molar-refractivity contribution in [1.82, 2.24) is 4.98 Å². The lowest BCUT2D eigenvalue weighted by Crippen LogP contribution is -2.37. The van der Waals surface area contributed by atoms with Gasteiger partial charge >= 0.3 is 0 Å². The third-order valence-electron chi connectivity index (χ3n) is 4.62. The highest BCUT2D eigenvalue weighted by atomic mass is 32.1. The normalized spacial score (nSPS) is 17.0. The maximum Gasteiger partial charge on any atom is 0.228 e. The molecule has 1 aliphatic rings. The number of benzene rings is 1. The SMILES string of the molecule is O=C(CCCc1cccs1)N(CC1CCCO1)c1nc2ccccc2s1. The van der Waals surface area contributed by atoms with Gasteiger partial charge in [0.15, 0.2) is 5.13 Å². The van der Waals surface area contributed by atoms with E-state index in [2.05, 4.69) is 23.6 Å². The maximum absolute atomic E-state index is 13.0. The Kier molecular flexibility index (Phi) is 5.62. The Hall–Kier alpha value is -1.76. The number of thiazole rings is 1. The average Bonchev–Trinajstić information content (AvgIpc) is 3.40. The van der Waals surface area contributed by atoms with Crippen molar-refractivity contribution < 1.29 is 9.53 Å². The Balaban J connectivity index is 1.48. The molecule has 1 unspecified atom stereocenters. The predicted molar refractivity (Wildman–Crippen MR) is 108 cm³/mol. The van der Waals surface area contributed by atoms with E-state index >= 15 is 0 Å². The van der Waals surface area contributed by atoms with Gasteiger partial charge in [0.05, 0.1) is 22.9 Å². The van der Waals surface area contributed by atoms with Crippen molar-refractivity contribution in [1.29, 1.82) is 0 Å². The molecule has 136 valence electrons. The molecule has 3 aromatic rings. The van der Waals surface area contributed by atoms with Gasteiger partial charge < -0.3 is 4.74 Å². The fraction of sp³-hybridized carbons (Fsp3) is 0.400. The van der Waals surface area contributed by atoms with Crippen LogP contribution < -0.4 is 4.90 Å². The van der Waals surface area contributed by atoms with Crippen LogP contribution >= 0.6 is 22.7 Å². The number of aromatic nitrogens is 1. The highest BCUT2D eigenvalue weighted by molar-refractivity contribution is 7.22. The summed E-state index contributed by atoms with van der Waals surface area (Å²) in [6, 6.07) is 12.2. The standard InChI is InChI=1S/C20H22N2O2S2/c23-19(11-3-7-16-8-5-13-25-16)22(14-15-6-4-12-24-15)20-21-17-9-1-2-10-18(17)26-20/h1-2,5,8-10,13,15H,3-4,6-7,11-12,14H2. The molecule has 1 saturated heterocycles. The number of amides is 1. The van der Waals surface area contributed by atoms with Gasteiger partial charge in [-0.2, -0.15) is 0 Å². The van der Waals surface area contributed by atoms with Gasteiger partial charge in [0, 0.05) is 17.9 Å². The summed E-state index contributed by atoms with van der Waals surface area (Å²) in [6.07, 6.45) is 4.58. The molecule has 0 aliphatic carbocycles. The van der Waals surface area contributed by atoms with Crippen molar-refractivity contribution in [2.45, 2.75) is 38.2 Å². The number of anilines is 1. The molecule has 0 spiro atoms. The predicted octanol–water partition coefficient (Wildman–Crippen LogP) is 4.89. The second-order valence-electron chi connectivity index (χ2n) is 6.54. The molecule has 0 radical (unpaired) electrons. The quantitative estimate of drug-likeness (QED) is 0.580. The van der Waals surface area contributed by atoms with E-state index < -0.39 is 0 Å². The number of carbonyl (C=O) groups is 1. The molecule has 0 bridgehead atoms. The van der Waals surface area contributed by atoms with Crippen LogP contribution in [-0.2, 0) is 16.0 Å². The van der Waals surface area contributed by atoms with Crippen LogP contribution in [0.5, 0.6) is 0 Å². The van der Waals surface area contributed by atoms with Gasteiger partial charge in [0.2, 0.25) is 5.91 Å². The summed E-state index contributed by atoms with van der Waals surface area (Å²) in [4.78, 5) is 20.9. The molecular weight excluding hydrogens is 364 g/mol. The van der Waals surface area contributed by atoms with Gasteiger partial charge in [-0.25, -0.2) is 4.98 Å². The first kappa shape index (κ1) is 17.6. The lowest BCUT2D eigenvalue weighted by molar-refractivity contribution is -0.119. The number of carbonyl (C=O) groups excluding carboxylic acids is 1. The molecule has 2 aromatic heterocycles. The molecule has 3 heterocycles. The summed E-state index contributed by atoms with van der Waals surface area (Å²) in [5.74, 6) is 0.149. The minimum absolute atomic E-state index is 0.128. The van der Waals surface area contributed by atoms with Crippen LogP contribution in [0.2, 0.25) is 0 Å². The van der Waals surface area contributed by atoms with E-state index in [1.54, 1.807) is 22.7 Å². The summed E-state index contributed by atoms with van der Waals surface area (Å²) < 4.78 is 6.89. The first-order chi connectivity index (χ1) is 12.8. The topological polar surface area (TPSA) is 42.4 Å². The van der Waals surface area contributed by atoms with E-state index in [4.69, 9.17) is 9.72 Å². The highest BCUT2D eigenvalue weighted by Crippen LogP contribution is 2.30. The third kappa shape index (κ3) is 4.14. The highest BCUT2D eigenvalue weighted by Gasteiger charge is 2.25. The molecule has 1 aliphatic heterocycles. The van der Waals surface area contributed by atoms with Crippen LogP contribution in [0.25, 0.3) is 10.2 Å². The number of aryl methyl sites for hydroxylation is 1. The monoisotopic (exact) mass is 386 g/mol. The smallest absolute Gasteiger partial charge is 0.228 e. The molecule has 1 atom stereocenters. The fourth-order valence-corrected chi connectivity index (χ4v) is 5.00. The van der Waals surface area contributed by atoms with Crippen LogP contribution in [0.1, 0.15) is 30.6 Å². The van der Waals surface area contributed by atoms with Crippen LogP contribution in [0.4, 0.5) is 5.13 Å². The number of nitrogens with zero attached hydrogens (tertiary/aromatic N) is 2. The Bertz CT molecular complexity index is 821. The van der Waals surface area contributed by atoms with E-state index in [0.717, 1.165) is 47.6 Å².